The second kappa shape index (κ2) is 4.86. The fourth-order valence-electron chi connectivity index (χ4n) is 1.76. The minimum atomic E-state index is -1.11. The van der Waals surface area contributed by atoms with Gasteiger partial charge in [-0.2, -0.15) is 0 Å². The van der Waals surface area contributed by atoms with Crippen molar-refractivity contribution in [3.8, 4) is 5.75 Å². The monoisotopic (exact) mass is 237 g/mol. The van der Waals surface area contributed by atoms with Gasteiger partial charge in [-0.05, 0) is 42.7 Å². The predicted molar refractivity (Wildman–Crippen MR) is 61.8 cm³/mol. The van der Waals surface area contributed by atoms with Crippen LogP contribution in [0.15, 0.2) is 12.1 Å². The molecular formula is C12H15NO4. The average molecular weight is 237 g/mol. The Balaban J connectivity index is 3.29. The number of hydrogen-bond donors (Lipinski definition) is 2. The first-order valence-corrected chi connectivity index (χ1v) is 5.08. The minimum Gasteiger partial charge on any atom is -0.507 e. The molecular weight excluding hydrogens is 222 g/mol. The van der Waals surface area contributed by atoms with Gasteiger partial charge in [0, 0.05) is 7.05 Å². The highest BCUT2D eigenvalue weighted by Gasteiger charge is 2.24. The van der Waals surface area contributed by atoms with Gasteiger partial charge in [0.05, 0.1) is 0 Å². The first-order chi connectivity index (χ1) is 7.88. The van der Waals surface area contributed by atoms with E-state index in [-0.39, 0.29) is 5.75 Å². The summed E-state index contributed by atoms with van der Waals surface area (Å²) in [7, 11) is 1.41. The lowest BCUT2D eigenvalue weighted by molar-refractivity contribution is -0.145. The number of carbonyl (C=O) groups excluding carboxylic acids is 1. The largest absolute Gasteiger partial charge is 0.507 e. The van der Waals surface area contributed by atoms with Crippen LogP contribution in [0.1, 0.15) is 22.7 Å². The van der Waals surface area contributed by atoms with Crippen molar-refractivity contribution in [2.45, 2.75) is 19.9 Å². The van der Waals surface area contributed by atoms with Crippen molar-refractivity contribution in [1.29, 1.82) is 0 Å². The van der Waals surface area contributed by atoms with Crippen LogP contribution in [0.5, 0.6) is 5.75 Å². The molecule has 17 heavy (non-hydrogen) atoms. The first kappa shape index (κ1) is 13.0. The molecule has 0 bridgehead atoms. The van der Waals surface area contributed by atoms with E-state index in [4.69, 9.17) is 5.11 Å². The molecule has 1 atom stereocenters. The molecule has 5 nitrogen and oxygen atoms in total. The summed E-state index contributed by atoms with van der Waals surface area (Å²) in [6, 6.07) is 2.10. The topological polar surface area (TPSA) is 77.8 Å². The van der Waals surface area contributed by atoms with Crippen LogP contribution < -0.4 is 0 Å². The summed E-state index contributed by atoms with van der Waals surface area (Å²) in [5.74, 6) is -0.962. The molecule has 0 aromatic heterocycles. The summed E-state index contributed by atoms with van der Waals surface area (Å²) in [5, 5.41) is 18.7. The molecule has 0 aliphatic rings. The summed E-state index contributed by atoms with van der Waals surface area (Å²) >= 11 is 0. The second-order valence-electron chi connectivity index (χ2n) is 4.01. The SMILES string of the molecule is Cc1cc(C(C(=O)O)N(C)C=O)cc(C)c1O. The first-order valence-electron chi connectivity index (χ1n) is 5.08. The quantitative estimate of drug-likeness (QED) is 0.772. The Bertz CT molecular complexity index is 433. The van der Waals surface area contributed by atoms with E-state index in [9.17, 15) is 14.7 Å². The molecule has 0 saturated carbocycles. The van der Waals surface area contributed by atoms with Crippen molar-refractivity contribution in [2.75, 3.05) is 7.05 Å². The highest BCUT2D eigenvalue weighted by Crippen LogP contribution is 2.28. The number of carboxylic acid groups (broad SMARTS) is 1. The Morgan fingerprint density at radius 1 is 1.35 bits per heavy atom. The van der Waals surface area contributed by atoms with E-state index in [2.05, 4.69) is 0 Å². The molecule has 1 amide bonds. The third-order valence-corrected chi connectivity index (χ3v) is 2.64. The van der Waals surface area contributed by atoms with Crippen molar-refractivity contribution in [3.05, 3.63) is 28.8 Å². The molecule has 0 heterocycles. The van der Waals surface area contributed by atoms with Crippen LogP contribution in [0.2, 0.25) is 0 Å². The summed E-state index contributed by atoms with van der Waals surface area (Å²) in [5.41, 5.74) is 1.65. The van der Waals surface area contributed by atoms with Gasteiger partial charge in [0.25, 0.3) is 0 Å². The van der Waals surface area contributed by atoms with E-state index in [0.29, 0.717) is 23.1 Å². The number of rotatable bonds is 4. The normalized spacial score (nSPS) is 11.9. The number of amides is 1. The Kier molecular flexibility index (Phi) is 3.73. The Morgan fingerprint density at radius 2 is 1.82 bits per heavy atom. The number of aromatic hydroxyl groups is 1. The lowest BCUT2D eigenvalue weighted by Crippen LogP contribution is -2.29. The van der Waals surface area contributed by atoms with E-state index in [0.717, 1.165) is 4.90 Å². The number of carboxylic acids is 1. The standard InChI is InChI=1S/C12H15NO4/c1-7-4-9(5-8(2)11(7)15)10(12(16)17)13(3)6-14/h4-6,10,15H,1-3H3,(H,16,17). The molecule has 1 aromatic carbocycles. The zero-order valence-corrected chi connectivity index (χ0v) is 9.97. The molecule has 5 heteroatoms. The predicted octanol–water partition coefficient (Wildman–Crippen LogP) is 1.22. The van der Waals surface area contributed by atoms with Gasteiger partial charge < -0.3 is 15.1 Å². The molecule has 2 N–H and O–H groups in total. The molecule has 1 aromatic rings. The number of aliphatic carboxylic acids is 1. The fraction of sp³-hybridized carbons (Fsp3) is 0.333. The third-order valence-electron chi connectivity index (χ3n) is 2.64. The van der Waals surface area contributed by atoms with Gasteiger partial charge in [0.15, 0.2) is 6.04 Å². The lowest BCUT2D eigenvalue weighted by atomic mass is 9.99. The van der Waals surface area contributed by atoms with Gasteiger partial charge in [-0.3, -0.25) is 4.79 Å². The lowest BCUT2D eigenvalue weighted by Gasteiger charge is -2.22. The summed E-state index contributed by atoms with van der Waals surface area (Å²) < 4.78 is 0. The van der Waals surface area contributed by atoms with Crippen LogP contribution in [0.25, 0.3) is 0 Å². The van der Waals surface area contributed by atoms with E-state index in [1.54, 1.807) is 26.0 Å². The number of benzene rings is 1. The number of aryl methyl sites for hydroxylation is 2. The maximum absolute atomic E-state index is 11.1. The maximum atomic E-state index is 11.1. The number of carbonyl (C=O) groups is 2. The van der Waals surface area contributed by atoms with Gasteiger partial charge in [-0.1, -0.05) is 0 Å². The molecule has 0 fully saturated rings. The molecule has 0 radical (unpaired) electrons. The number of hydrogen-bond acceptors (Lipinski definition) is 3. The van der Waals surface area contributed by atoms with Crippen molar-refractivity contribution in [2.24, 2.45) is 0 Å². The third kappa shape index (κ3) is 2.55. The molecule has 0 aliphatic heterocycles. The highest BCUT2D eigenvalue weighted by molar-refractivity contribution is 5.78. The molecule has 1 unspecified atom stereocenters. The number of phenolic OH excluding ortho intramolecular Hbond substituents is 1. The smallest absolute Gasteiger partial charge is 0.331 e. The molecule has 0 spiro atoms. The fourth-order valence-corrected chi connectivity index (χ4v) is 1.76. The van der Waals surface area contributed by atoms with Gasteiger partial charge in [-0.15, -0.1) is 0 Å². The van der Waals surface area contributed by atoms with Gasteiger partial charge in [0.2, 0.25) is 6.41 Å². The highest BCUT2D eigenvalue weighted by atomic mass is 16.4. The van der Waals surface area contributed by atoms with Crippen LogP contribution in [0, 0.1) is 13.8 Å². The average Bonchev–Trinajstić information content (AvgIpc) is 2.25. The van der Waals surface area contributed by atoms with Crippen molar-refractivity contribution < 1.29 is 19.8 Å². The molecule has 1 rings (SSSR count). The van der Waals surface area contributed by atoms with Crippen molar-refractivity contribution in [1.82, 2.24) is 4.90 Å². The van der Waals surface area contributed by atoms with Gasteiger partial charge in [0.1, 0.15) is 5.75 Å². The number of nitrogens with zero attached hydrogens (tertiary/aromatic N) is 1. The summed E-state index contributed by atoms with van der Waals surface area (Å²) in [4.78, 5) is 22.9. The summed E-state index contributed by atoms with van der Waals surface area (Å²) in [6.45, 7) is 3.37. The Morgan fingerprint density at radius 3 is 2.18 bits per heavy atom. The van der Waals surface area contributed by atoms with Crippen LogP contribution in [-0.4, -0.2) is 34.5 Å². The van der Waals surface area contributed by atoms with E-state index >= 15 is 0 Å². The zero-order chi connectivity index (χ0) is 13.2. The Labute approximate surface area is 99.3 Å². The number of phenols is 1. The van der Waals surface area contributed by atoms with Gasteiger partial charge >= 0.3 is 5.97 Å². The van der Waals surface area contributed by atoms with Crippen molar-refractivity contribution >= 4 is 12.4 Å². The van der Waals surface area contributed by atoms with E-state index in [1.807, 2.05) is 0 Å². The molecule has 92 valence electrons. The maximum Gasteiger partial charge on any atom is 0.331 e. The van der Waals surface area contributed by atoms with Crippen LogP contribution in [0.4, 0.5) is 0 Å². The van der Waals surface area contributed by atoms with Crippen LogP contribution in [-0.2, 0) is 9.59 Å². The zero-order valence-electron chi connectivity index (χ0n) is 9.97. The molecule has 0 aliphatic carbocycles. The van der Waals surface area contributed by atoms with Crippen molar-refractivity contribution in [3.63, 3.8) is 0 Å². The van der Waals surface area contributed by atoms with Gasteiger partial charge in [-0.25, -0.2) is 4.79 Å². The minimum absolute atomic E-state index is 0.145. The number of likely N-dealkylation sites (N-methyl/N-ethyl adjacent to an activating group) is 1. The second-order valence-corrected chi connectivity index (χ2v) is 4.01. The van der Waals surface area contributed by atoms with Crippen LogP contribution in [0.3, 0.4) is 0 Å². The summed E-state index contributed by atoms with van der Waals surface area (Å²) in [6.07, 6.45) is 0.469. The van der Waals surface area contributed by atoms with Crippen LogP contribution >= 0.6 is 0 Å². The van der Waals surface area contributed by atoms with E-state index in [1.165, 1.54) is 7.05 Å². The Hall–Kier alpha value is -2.04. The molecule has 0 saturated heterocycles. The van der Waals surface area contributed by atoms with E-state index < -0.39 is 12.0 Å².